The van der Waals surface area contributed by atoms with Crippen molar-refractivity contribution < 1.29 is 14.3 Å². The predicted molar refractivity (Wildman–Crippen MR) is 78.3 cm³/mol. The first-order valence-electron chi connectivity index (χ1n) is 6.77. The Kier molecular flexibility index (Phi) is 4.23. The van der Waals surface area contributed by atoms with Crippen molar-refractivity contribution in [3.63, 3.8) is 0 Å². The molecule has 0 saturated carbocycles. The summed E-state index contributed by atoms with van der Waals surface area (Å²) in [7, 11) is 0. The molecule has 1 aromatic carbocycles. The lowest BCUT2D eigenvalue weighted by molar-refractivity contribution is -0.121. The number of nitrogens with zero attached hydrogens (tertiary/aromatic N) is 1. The molecule has 0 unspecified atom stereocenters. The molecular formula is C16H19NO3. The number of hydrogen-bond acceptors (Lipinski definition) is 3. The highest BCUT2D eigenvalue weighted by Crippen LogP contribution is 2.33. The zero-order chi connectivity index (χ0) is 14.7. The molecule has 0 bridgehead atoms. The molecule has 1 aliphatic rings. The first-order valence-corrected chi connectivity index (χ1v) is 6.77. The van der Waals surface area contributed by atoms with E-state index >= 15 is 0 Å². The number of fused-ring (bicyclic) bond motifs is 1. The number of rotatable bonds is 5. The highest BCUT2D eigenvalue weighted by Gasteiger charge is 2.26. The summed E-state index contributed by atoms with van der Waals surface area (Å²) < 4.78 is 5.41. The Bertz CT molecular complexity index is 563. The van der Waals surface area contributed by atoms with Crippen LogP contribution >= 0.6 is 0 Å². The monoisotopic (exact) mass is 273 g/mol. The molecule has 2 rings (SSSR count). The Morgan fingerprint density at radius 3 is 2.85 bits per heavy atom. The van der Waals surface area contributed by atoms with Gasteiger partial charge in [0, 0.05) is 18.5 Å². The summed E-state index contributed by atoms with van der Waals surface area (Å²) in [6, 6.07) is 5.26. The van der Waals surface area contributed by atoms with E-state index < -0.39 is 0 Å². The van der Waals surface area contributed by atoms with Gasteiger partial charge >= 0.3 is 0 Å². The van der Waals surface area contributed by atoms with Crippen LogP contribution in [-0.4, -0.2) is 24.8 Å². The van der Waals surface area contributed by atoms with Crippen molar-refractivity contribution in [3.8, 4) is 5.75 Å². The smallest absolute Gasteiger partial charge is 0.265 e. The van der Waals surface area contributed by atoms with E-state index in [2.05, 4.69) is 6.58 Å². The van der Waals surface area contributed by atoms with Gasteiger partial charge in [0.05, 0.1) is 5.69 Å². The van der Waals surface area contributed by atoms with E-state index in [1.807, 2.05) is 13.8 Å². The summed E-state index contributed by atoms with van der Waals surface area (Å²) in [5.41, 5.74) is 2.17. The van der Waals surface area contributed by atoms with Crippen molar-refractivity contribution in [2.24, 2.45) is 0 Å². The zero-order valence-electron chi connectivity index (χ0n) is 11.9. The summed E-state index contributed by atoms with van der Waals surface area (Å²) in [4.78, 5) is 25.6. The molecule has 1 amide bonds. The lowest BCUT2D eigenvalue weighted by Crippen LogP contribution is -2.39. The maximum Gasteiger partial charge on any atom is 0.265 e. The molecule has 0 aliphatic carbocycles. The molecule has 4 heteroatoms. The molecule has 0 atom stereocenters. The van der Waals surface area contributed by atoms with Crippen LogP contribution in [0.5, 0.6) is 5.75 Å². The lowest BCUT2D eigenvalue weighted by atomic mass is 10.0. The lowest BCUT2D eigenvalue weighted by Gasteiger charge is -2.29. The normalized spacial score (nSPS) is 13.7. The molecule has 1 aliphatic heterocycles. The molecule has 1 aromatic rings. The van der Waals surface area contributed by atoms with Gasteiger partial charge in [-0.2, -0.15) is 0 Å². The summed E-state index contributed by atoms with van der Waals surface area (Å²) in [5, 5.41) is 0. The summed E-state index contributed by atoms with van der Waals surface area (Å²) in [5.74, 6) is 0.614. The van der Waals surface area contributed by atoms with Crippen LogP contribution in [0.15, 0.2) is 30.4 Å². The molecule has 0 fully saturated rings. The number of amides is 1. The average molecular weight is 273 g/mol. The van der Waals surface area contributed by atoms with Crippen LogP contribution in [-0.2, 0) is 4.79 Å². The van der Waals surface area contributed by atoms with Gasteiger partial charge < -0.3 is 9.64 Å². The number of hydrogen-bond donors (Lipinski definition) is 0. The predicted octanol–water partition coefficient (Wildman–Crippen LogP) is 2.97. The first-order chi connectivity index (χ1) is 9.52. The molecule has 1 heterocycles. The van der Waals surface area contributed by atoms with Crippen molar-refractivity contribution in [1.29, 1.82) is 0 Å². The second-order valence-electron chi connectivity index (χ2n) is 5.08. The van der Waals surface area contributed by atoms with E-state index in [-0.39, 0.29) is 18.3 Å². The summed E-state index contributed by atoms with van der Waals surface area (Å²) in [6.07, 6.45) is 1.31. The molecule has 106 valence electrons. The number of carbonyl (C=O) groups is 2. The van der Waals surface area contributed by atoms with Crippen LogP contribution in [0, 0.1) is 0 Å². The minimum atomic E-state index is -0.111. The van der Waals surface area contributed by atoms with Gasteiger partial charge in [-0.3, -0.25) is 9.59 Å². The Hall–Kier alpha value is -2.10. The van der Waals surface area contributed by atoms with Crippen molar-refractivity contribution in [2.75, 3.05) is 18.1 Å². The second kappa shape index (κ2) is 5.90. The maximum absolute atomic E-state index is 12.0. The van der Waals surface area contributed by atoms with Crippen molar-refractivity contribution in [3.05, 3.63) is 35.9 Å². The van der Waals surface area contributed by atoms with E-state index in [9.17, 15) is 9.59 Å². The number of benzene rings is 1. The average Bonchev–Trinajstić information content (AvgIpc) is 2.41. The topological polar surface area (TPSA) is 46.6 Å². The zero-order valence-corrected chi connectivity index (χ0v) is 11.9. The summed E-state index contributed by atoms with van der Waals surface area (Å²) in [6.45, 7) is 8.16. The van der Waals surface area contributed by atoms with E-state index in [0.29, 0.717) is 30.0 Å². The van der Waals surface area contributed by atoms with Crippen LogP contribution in [0.4, 0.5) is 5.69 Å². The van der Waals surface area contributed by atoms with Gasteiger partial charge in [-0.15, -0.1) is 0 Å². The number of ketones is 1. The number of carbonyl (C=O) groups excluding carboxylic acids is 2. The molecule has 0 N–H and O–H groups in total. The number of Topliss-reactive ketones (excluding diaryl/α,β-unsaturated/α-hetero) is 1. The molecular weight excluding hydrogens is 254 g/mol. The Morgan fingerprint density at radius 1 is 1.45 bits per heavy atom. The highest BCUT2D eigenvalue weighted by molar-refractivity contribution is 6.02. The molecule has 0 saturated heterocycles. The van der Waals surface area contributed by atoms with Gasteiger partial charge in [0.15, 0.2) is 12.4 Å². The third-order valence-electron chi connectivity index (χ3n) is 3.13. The van der Waals surface area contributed by atoms with Crippen LogP contribution in [0.3, 0.4) is 0 Å². The first kappa shape index (κ1) is 14.3. The fourth-order valence-corrected chi connectivity index (χ4v) is 2.19. The molecule has 0 aromatic heterocycles. The van der Waals surface area contributed by atoms with Gasteiger partial charge in [0.25, 0.3) is 5.91 Å². The van der Waals surface area contributed by atoms with Crippen LogP contribution in [0.2, 0.25) is 0 Å². The molecule has 20 heavy (non-hydrogen) atoms. The Morgan fingerprint density at radius 2 is 2.20 bits per heavy atom. The van der Waals surface area contributed by atoms with Gasteiger partial charge in [-0.05, 0) is 31.5 Å². The fraction of sp³-hybridized carbons (Fsp3) is 0.375. The standard InChI is InChI=1S/C16H19NO3/c1-4-5-14(18)12-6-7-15-13(8-12)17(9-11(2)3)16(19)10-20-15/h6-8H,2,4-5,9-10H2,1,3H3. The Balaban J connectivity index is 2.38. The van der Waals surface area contributed by atoms with Crippen molar-refractivity contribution in [2.45, 2.75) is 26.7 Å². The maximum atomic E-state index is 12.0. The van der Waals surface area contributed by atoms with Crippen LogP contribution < -0.4 is 9.64 Å². The third-order valence-corrected chi connectivity index (χ3v) is 3.13. The van der Waals surface area contributed by atoms with Gasteiger partial charge in [0.1, 0.15) is 5.75 Å². The van der Waals surface area contributed by atoms with Crippen LogP contribution in [0.1, 0.15) is 37.0 Å². The quantitative estimate of drug-likeness (QED) is 0.612. The minimum Gasteiger partial charge on any atom is -0.482 e. The molecule has 4 nitrogen and oxygen atoms in total. The van der Waals surface area contributed by atoms with E-state index in [4.69, 9.17) is 4.74 Å². The Labute approximate surface area is 119 Å². The van der Waals surface area contributed by atoms with E-state index in [0.717, 1.165) is 12.0 Å². The minimum absolute atomic E-state index is 0.0303. The van der Waals surface area contributed by atoms with Crippen LogP contribution in [0.25, 0.3) is 0 Å². The van der Waals surface area contributed by atoms with E-state index in [1.165, 1.54) is 0 Å². The largest absolute Gasteiger partial charge is 0.482 e. The second-order valence-corrected chi connectivity index (χ2v) is 5.08. The summed E-state index contributed by atoms with van der Waals surface area (Å²) >= 11 is 0. The van der Waals surface area contributed by atoms with Gasteiger partial charge in [-0.1, -0.05) is 19.1 Å². The third kappa shape index (κ3) is 2.90. The van der Waals surface area contributed by atoms with Crippen molar-refractivity contribution in [1.82, 2.24) is 0 Å². The van der Waals surface area contributed by atoms with Gasteiger partial charge in [-0.25, -0.2) is 0 Å². The van der Waals surface area contributed by atoms with Crippen molar-refractivity contribution >= 4 is 17.4 Å². The molecule has 0 spiro atoms. The SMILES string of the molecule is C=C(C)CN1C(=O)COc2ccc(C(=O)CCC)cc21. The fourth-order valence-electron chi connectivity index (χ4n) is 2.19. The number of anilines is 1. The van der Waals surface area contributed by atoms with E-state index in [1.54, 1.807) is 23.1 Å². The number of ether oxygens (including phenoxy) is 1. The van der Waals surface area contributed by atoms with Gasteiger partial charge in [0.2, 0.25) is 0 Å². The highest BCUT2D eigenvalue weighted by atomic mass is 16.5. The molecule has 0 radical (unpaired) electrons.